The Kier molecular flexibility index (Phi) is 4.62. The van der Waals surface area contributed by atoms with Gasteiger partial charge in [-0.1, -0.05) is 32.3 Å². The fourth-order valence-corrected chi connectivity index (χ4v) is 3.30. The van der Waals surface area contributed by atoms with Crippen LogP contribution in [0.25, 0.3) is 0 Å². The van der Waals surface area contributed by atoms with E-state index < -0.39 is 16.1 Å². The van der Waals surface area contributed by atoms with Gasteiger partial charge in [-0.15, -0.1) is 0 Å². The van der Waals surface area contributed by atoms with Crippen LogP contribution in [0.15, 0.2) is 30.3 Å². The fourth-order valence-electron chi connectivity index (χ4n) is 2.24. The van der Waals surface area contributed by atoms with E-state index in [4.69, 9.17) is 0 Å². The monoisotopic (exact) mass is 312 g/mol. The van der Waals surface area contributed by atoms with Gasteiger partial charge in [-0.05, 0) is 30.5 Å². The van der Waals surface area contributed by atoms with Gasteiger partial charge in [0.1, 0.15) is 11.4 Å². The van der Waals surface area contributed by atoms with E-state index in [2.05, 4.69) is 6.92 Å². The van der Waals surface area contributed by atoms with E-state index in [1.54, 1.807) is 12.1 Å². The molecule has 0 saturated carbocycles. The summed E-state index contributed by atoms with van der Waals surface area (Å²) >= 11 is 0. The molecule has 2 rings (SSSR count). The van der Waals surface area contributed by atoms with Crippen molar-refractivity contribution in [3.63, 3.8) is 0 Å². The lowest BCUT2D eigenvalue weighted by molar-refractivity contribution is 0.392. The summed E-state index contributed by atoms with van der Waals surface area (Å²) in [6.07, 6.45) is 6.32. The number of phenols is 1. The highest BCUT2D eigenvalue weighted by molar-refractivity contribution is 7.91. The fraction of sp³-hybridized carbons (Fsp3) is 0.429. The molecule has 0 unspecified atom stereocenters. The molecule has 0 saturated heterocycles. The van der Waals surface area contributed by atoms with Crippen LogP contribution < -0.4 is 9.03 Å². The summed E-state index contributed by atoms with van der Waals surface area (Å²) in [6, 6.07) is 4.89. The number of aliphatic hydroxyl groups excluding tert-OH is 1. The highest BCUT2D eigenvalue weighted by atomic mass is 32.2. The minimum Gasteiger partial charge on any atom is -0.506 e. The first-order valence-corrected chi connectivity index (χ1v) is 8.43. The van der Waals surface area contributed by atoms with E-state index in [0.717, 1.165) is 41.8 Å². The number of phenolic OH excluding ortho intramolecular Hbond substituents is 1. The predicted molar refractivity (Wildman–Crippen MR) is 81.2 cm³/mol. The first kappa shape index (κ1) is 15.5. The number of aliphatic hydroxyl groups is 1. The molecule has 0 fully saturated rings. The van der Waals surface area contributed by atoms with Crippen LogP contribution in [0, 0.1) is 0 Å². The van der Waals surface area contributed by atoms with Crippen molar-refractivity contribution in [2.45, 2.75) is 39.0 Å². The molecule has 3 N–H and O–H groups in total. The lowest BCUT2D eigenvalue weighted by Crippen LogP contribution is -2.29. The largest absolute Gasteiger partial charge is 0.506 e. The predicted octanol–water partition coefficient (Wildman–Crippen LogP) is 2.53. The van der Waals surface area contributed by atoms with Crippen LogP contribution in [0.1, 0.15) is 38.2 Å². The van der Waals surface area contributed by atoms with E-state index in [1.165, 1.54) is 12.5 Å². The second-order valence-electron chi connectivity index (χ2n) is 5.05. The number of nitrogens with one attached hydrogen (secondary N) is 1. The van der Waals surface area contributed by atoms with E-state index >= 15 is 0 Å². The Morgan fingerprint density at radius 1 is 1.19 bits per heavy atom. The zero-order chi connectivity index (χ0) is 15.5. The first-order valence-electron chi connectivity index (χ1n) is 6.99. The maximum Gasteiger partial charge on any atom is 0.330 e. The average molecular weight is 312 g/mol. The molecule has 0 atom stereocenters. The number of anilines is 1. The van der Waals surface area contributed by atoms with Gasteiger partial charge in [0.15, 0.2) is 0 Å². The molecule has 1 heterocycles. The van der Waals surface area contributed by atoms with Gasteiger partial charge in [0.2, 0.25) is 5.88 Å². The van der Waals surface area contributed by atoms with Crippen molar-refractivity contribution in [3.05, 3.63) is 35.8 Å². The normalized spacial score (nSPS) is 16.6. The van der Waals surface area contributed by atoms with Crippen molar-refractivity contribution in [1.82, 2.24) is 4.72 Å². The summed E-state index contributed by atoms with van der Waals surface area (Å²) in [7, 11) is -3.88. The smallest absolute Gasteiger partial charge is 0.330 e. The van der Waals surface area contributed by atoms with Crippen LogP contribution in [0.4, 0.5) is 5.69 Å². The molecule has 1 aromatic carbocycles. The summed E-state index contributed by atoms with van der Waals surface area (Å²) < 4.78 is 26.4. The molecule has 1 aromatic rings. The Hall–Kier alpha value is -1.89. The highest BCUT2D eigenvalue weighted by Crippen LogP contribution is 2.32. The van der Waals surface area contributed by atoms with E-state index in [0.29, 0.717) is 0 Å². The Bertz CT molecular complexity index is 640. The molecule has 0 bridgehead atoms. The number of nitrogens with zero attached hydrogens (tertiary/aromatic N) is 1. The summed E-state index contributed by atoms with van der Waals surface area (Å²) in [5.41, 5.74) is 1.09. The maximum atomic E-state index is 11.8. The third-order valence-corrected chi connectivity index (χ3v) is 4.62. The van der Waals surface area contributed by atoms with Crippen LogP contribution in [0.2, 0.25) is 0 Å². The minimum absolute atomic E-state index is 0.138. The molecule has 7 heteroatoms. The van der Waals surface area contributed by atoms with E-state index in [1.807, 2.05) is 4.72 Å². The number of rotatable bonds is 6. The number of hydrogen-bond acceptors (Lipinski definition) is 4. The van der Waals surface area contributed by atoms with Crippen molar-refractivity contribution >= 4 is 15.9 Å². The van der Waals surface area contributed by atoms with Crippen LogP contribution >= 0.6 is 0 Å². The van der Waals surface area contributed by atoms with Crippen molar-refractivity contribution < 1.29 is 18.6 Å². The Morgan fingerprint density at radius 3 is 2.57 bits per heavy atom. The number of benzene rings is 1. The third-order valence-electron chi connectivity index (χ3n) is 3.33. The van der Waals surface area contributed by atoms with Crippen LogP contribution in [-0.4, -0.2) is 18.6 Å². The third kappa shape index (κ3) is 3.60. The molecule has 0 aromatic heterocycles. The topological polar surface area (TPSA) is 89.9 Å². The van der Waals surface area contributed by atoms with Crippen molar-refractivity contribution in [1.29, 1.82) is 0 Å². The lowest BCUT2D eigenvalue weighted by atomic mass is 10.1. The van der Waals surface area contributed by atoms with Gasteiger partial charge in [0.25, 0.3) is 0 Å². The van der Waals surface area contributed by atoms with E-state index in [-0.39, 0.29) is 11.4 Å². The molecule has 1 aliphatic rings. The van der Waals surface area contributed by atoms with E-state index in [9.17, 15) is 18.6 Å². The minimum atomic E-state index is -3.88. The van der Waals surface area contributed by atoms with Gasteiger partial charge < -0.3 is 10.2 Å². The Morgan fingerprint density at radius 2 is 1.95 bits per heavy atom. The Balaban J connectivity index is 2.20. The summed E-state index contributed by atoms with van der Waals surface area (Å²) in [5, 5.41) is 19.2. The first-order chi connectivity index (χ1) is 9.94. The lowest BCUT2D eigenvalue weighted by Gasteiger charge is -2.16. The summed E-state index contributed by atoms with van der Waals surface area (Å²) in [4.78, 5) is 0. The van der Waals surface area contributed by atoms with Crippen LogP contribution in [0.3, 0.4) is 0 Å². The molecule has 0 radical (unpaired) electrons. The number of aryl methyl sites for hydroxylation is 1. The number of aromatic hydroxyl groups is 1. The van der Waals surface area contributed by atoms with Gasteiger partial charge in [0.05, 0.1) is 6.20 Å². The summed E-state index contributed by atoms with van der Waals surface area (Å²) in [5.74, 6) is -0.619. The molecule has 6 nitrogen and oxygen atoms in total. The van der Waals surface area contributed by atoms with Crippen LogP contribution in [0.5, 0.6) is 5.75 Å². The van der Waals surface area contributed by atoms with Crippen molar-refractivity contribution in [3.8, 4) is 5.75 Å². The zero-order valence-corrected chi connectivity index (χ0v) is 12.7. The Labute approximate surface area is 124 Å². The van der Waals surface area contributed by atoms with Crippen molar-refractivity contribution in [2.24, 2.45) is 0 Å². The molecule has 0 aliphatic carbocycles. The highest BCUT2D eigenvalue weighted by Gasteiger charge is 2.30. The maximum absolute atomic E-state index is 11.8. The molecule has 116 valence electrons. The van der Waals surface area contributed by atoms with Gasteiger partial charge in [-0.3, -0.25) is 0 Å². The molecule has 1 aliphatic heterocycles. The number of unbranched alkanes of at least 4 members (excludes halogenated alkanes) is 3. The summed E-state index contributed by atoms with van der Waals surface area (Å²) in [6.45, 7) is 2.14. The van der Waals surface area contributed by atoms with Gasteiger partial charge in [-0.25, -0.2) is 9.03 Å². The molecule has 0 amide bonds. The van der Waals surface area contributed by atoms with Gasteiger partial charge in [0, 0.05) is 0 Å². The average Bonchev–Trinajstić information content (AvgIpc) is 2.69. The molecule has 0 spiro atoms. The molecular formula is C14H20N2O4S. The quantitative estimate of drug-likeness (QED) is 0.704. The van der Waals surface area contributed by atoms with Gasteiger partial charge >= 0.3 is 10.2 Å². The molecular weight excluding hydrogens is 292 g/mol. The zero-order valence-electron chi connectivity index (χ0n) is 11.9. The van der Waals surface area contributed by atoms with Crippen LogP contribution in [-0.2, 0) is 16.6 Å². The van der Waals surface area contributed by atoms with Gasteiger partial charge in [-0.2, -0.15) is 8.42 Å². The number of hydrogen-bond donors (Lipinski definition) is 3. The second kappa shape index (κ2) is 6.26. The SMILES string of the molecule is CCCCCCc1ccc(O)c(N2C=C(O)NS2(=O)=O)c1. The molecule has 21 heavy (non-hydrogen) atoms. The second-order valence-corrected chi connectivity index (χ2v) is 6.60. The van der Waals surface area contributed by atoms with Crippen molar-refractivity contribution in [2.75, 3.05) is 4.31 Å². The standard InChI is InChI=1S/C14H20N2O4S/c1-2-3-4-5-6-11-7-8-13(17)12(9-11)16-10-14(18)15-21(16,19)20/h7-10,15,17-18H,2-6H2,1H3.